The van der Waals surface area contributed by atoms with Crippen LogP contribution in [0.4, 0.5) is 0 Å². The number of hydrogen-bond acceptors (Lipinski definition) is 7. The van der Waals surface area contributed by atoms with Gasteiger partial charge in [-0.25, -0.2) is 0 Å². The zero-order chi connectivity index (χ0) is 27.3. The quantitative estimate of drug-likeness (QED) is 0.296. The third-order valence-electron chi connectivity index (χ3n) is 5.45. The van der Waals surface area contributed by atoms with E-state index in [9.17, 15) is 4.79 Å². The summed E-state index contributed by atoms with van der Waals surface area (Å²) in [6.45, 7) is 23.8. The van der Waals surface area contributed by atoms with Crippen molar-refractivity contribution < 1.29 is 27.2 Å². The first-order valence-electron chi connectivity index (χ1n) is 12.3. The molecule has 0 aliphatic carbocycles. The fourth-order valence-corrected chi connectivity index (χ4v) is 4.02. The van der Waals surface area contributed by atoms with E-state index in [1.54, 1.807) is 0 Å². The molecule has 2 N–H and O–H groups in total. The summed E-state index contributed by atoms with van der Waals surface area (Å²) in [5.74, 6) is -0.0193. The van der Waals surface area contributed by atoms with E-state index in [0.29, 0.717) is 12.1 Å². The second-order valence-corrected chi connectivity index (χ2v) is 13.1. The Bertz CT molecular complexity index is 730. The van der Waals surface area contributed by atoms with Gasteiger partial charge in [0.15, 0.2) is 0 Å². The van der Waals surface area contributed by atoms with Crippen molar-refractivity contribution in [1.29, 1.82) is 0 Å². The zero-order valence-electron chi connectivity index (χ0n) is 22.9. The fraction of sp³-hybridized carbons (Fsp3) is 0.731. The van der Waals surface area contributed by atoms with Crippen molar-refractivity contribution in [3.8, 4) is 0 Å². The molecule has 0 radical (unpaired) electrons. The van der Waals surface area contributed by atoms with Crippen molar-refractivity contribution in [2.24, 2.45) is 0 Å². The predicted molar refractivity (Wildman–Crippen MR) is 147 cm³/mol. The van der Waals surface area contributed by atoms with Crippen LogP contribution < -0.4 is 10.6 Å². The molecule has 1 aromatic carbocycles. The average Bonchev–Trinajstić information content (AvgIpc) is 2.75. The number of amides is 1. The van der Waals surface area contributed by atoms with Crippen LogP contribution >= 0.6 is 0 Å². The molecular formula is C26H46N4O2S2Tc+2. The van der Waals surface area contributed by atoms with E-state index in [0.717, 1.165) is 64.7 Å². The van der Waals surface area contributed by atoms with Gasteiger partial charge in [-0.2, -0.15) is 0 Å². The van der Waals surface area contributed by atoms with Gasteiger partial charge in [0.2, 0.25) is 0 Å². The summed E-state index contributed by atoms with van der Waals surface area (Å²) >= 11 is 12.1. The molecule has 35 heavy (non-hydrogen) atoms. The van der Waals surface area contributed by atoms with E-state index in [2.05, 4.69) is 88.0 Å². The van der Waals surface area contributed by atoms with Crippen LogP contribution in [-0.2, 0) is 54.2 Å². The molecule has 0 unspecified atom stereocenters. The third-order valence-corrected chi connectivity index (χ3v) is 5.72. The molecule has 9 heteroatoms. The molecule has 199 valence electrons. The van der Waals surface area contributed by atoms with Gasteiger partial charge >= 0.3 is 22.4 Å². The maximum atomic E-state index is 12.5. The summed E-state index contributed by atoms with van der Waals surface area (Å²) in [6, 6.07) is 7.94. The van der Waals surface area contributed by atoms with E-state index >= 15 is 0 Å². The van der Waals surface area contributed by atoms with Crippen LogP contribution in [0.5, 0.6) is 0 Å². The second-order valence-electron chi connectivity index (χ2n) is 10.9. The summed E-state index contributed by atoms with van der Waals surface area (Å²) in [4.78, 5) is 17.2. The molecule has 0 saturated carbocycles. The molecule has 1 aromatic rings. The molecule has 0 aromatic heterocycles. The molecule has 0 bridgehead atoms. The van der Waals surface area contributed by atoms with Gasteiger partial charge in [0.25, 0.3) is 5.91 Å². The van der Waals surface area contributed by atoms with Gasteiger partial charge < -0.3 is 40.8 Å². The van der Waals surface area contributed by atoms with Gasteiger partial charge in [-0.05, 0) is 57.7 Å². The van der Waals surface area contributed by atoms with E-state index in [1.807, 2.05) is 12.1 Å². The molecule has 0 heterocycles. The van der Waals surface area contributed by atoms with Crippen molar-refractivity contribution in [2.75, 3.05) is 45.8 Å². The Labute approximate surface area is 236 Å². The molecule has 0 atom stereocenters. The van der Waals surface area contributed by atoms with Crippen molar-refractivity contribution in [3.05, 3.63) is 35.4 Å². The predicted octanol–water partition coefficient (Wildman–Crippen LogP) is 3.46. The molecular weight excluding hydrogens is 562 g/mol. The van der Waals surface area contributed by atoms with Crippen LogP contribution in [0.15, 0.2) is 24.3 Å². The molecule has 6 nitrogen and oxygen atoms in total. The van der Waals surface area contributed by atoms with Crippen LogP contribution in [0.25, 0.3) is 0 Å². The minimum atomic E-state index is -0.224. The maximum absolute atomic E-state index is 12.5. The van der Waals surface area contributed by atoms with Gasteiger partial charge in [0.05, 0.1) is 0 Å². The van der Waals surface area contributed by atoms with E-state index in [1.165, 1.54) is 5.56 Å². The number of likely N-dealkylation sites (N-methyl/N-ethyl adjacent to an activating group) is 1. The number of benzene rings is 1. The summed E-state index contributed by atoms with van der Waals surface area (Å²) in [6.07, 6.45) is 0. The first kappa shape index (κ1) is 34.7. The zero-order valence-corrected chi connectivity index (χ0v) is 26.4. The van der Waals surface area contributed by atoms with Crippen LogP contribution in [-0.4, -0.2) is 76.6 Å². The number of carbonyl (C=O) groups is 1. The second kappa shape index (κ2) is 16.5. The number of hydrogen-bond donors (Lipinski definition) is 2. The third kappa shape index (κ3) is 17.0. The Morgan fingerprint density at radius 1 is 0.886 bits per heavy atom. The summed E-state index contributed by atoms with van der Waals surface area (Å²) in [7, 11) is 0. The van der Waals surface area contributed by atoms with Gasteiger partial charge in [-0.15, -0.1) is 9.49 Å². The van der Waals surface area contributed by atoms with Crippen LogP contribution in [0, 0.1) is 0 Å². The average molecular weight is 609 g/mol. The molecule has 0 fully saturated rings. The van der Waals surface area contributed by atoms with Crippen LogP contribution in [0.2, 0.25) is 0 Å². The summed E-state index contributed by atoms with van der Waals surface area (Å²) in [5, 5.41) is 6.65. The van der Waals surface area contributed by atoms with Gasteiger partial charge in [-0.3, -0.25) is 9.69 Å². The topological polar surface area (TPSA) is 64.7 Å². The van der Waals surface area contributed by atoms with E-state index in [4.69, 9.17) is 28.8 Å². The first-order chi connectivity index (χ1) is 16.1. The Morgan fingerprint density at radius 3 is 1.89 bits per heavy atom. The Kier molecular flexibility index (Phi) is 16.4. The van der Waals surface area contributed by atoms with E-state index < -0.39 is 0 Å². The minimum absolute atomic E-state index is 0.0193. The molecule has 0 aliphatic heterocycles. The molecule has 0 spiro atoms. The Morgan fingerprint density at radius 2 is 1.43 bits per heavy atom. The molecule has 0 saturated heterocycles. The monoisotopic (exact) mass is 607 g/mol. The SMILES string of the molecule is CCN(CC)CCNC(=O)c1ccc(CN(CC(C)(C)[S-])CC(C)(C)NCC(C)(C)[S-])cc1.[O]=[Tc+4]. The standard InChI is InChI=1S/C26H48N4OS2.O.Tc/c1-9-29(10-2)16-15-27-23(31)22-13-11-21(12-14-22)17-30(20-26(7,8)33)19-24(3,4)28-18-25(5,6)32;;/h11-14,28,32-33H,9-10,15-20H2,1-8H3,(H,27,31);;/q;;+4/p-2. The number of nitrogens with one attached hydrogen (secondary N) is 2. The van der Waals surface area contributed by atoms with Crippen molar-refractivity contribution in [3.63, 3.8) is 0 Å². The van der Waals surface area contributed by atoms with Crippen LogP contribution in [0.1, 0.15) is 71.3 Å². The number of rotatable bonds is 15. The normalized spacial score (nSPS) is 12.5. The molecule has 1 amide bonds. The van der Waals surface area contributed by atoms with Crippen molar-refractivity contribution in [1.82, 2.24) is 20.4 Å². The van der Waals surface area contributed by atoms with Crippen molar-refractivity contribution >= 4 is 31.2 Å². The fourth-order valence-electron chi connectivity index (χ4n) is 3.76. The molecule has 1 rings (SSSR count). The van der Waals surface area contributed by atoms with Gasteiger partial charge in [-0.1, -0.05) is 53.7 Å². The summed E-state index contributed by atoms with van der Waals surface area (Å²) < 4.78 is 7.82. The van der Waals surface area contributed by atoms with E-state index in [-0.39, 0.29) is 20.9 Å². The van der Waals surface area contributed by atoms with Gasteiger partial charge in [0.1, 0.15) is 0 Å². The number of carbonyl (C=O) groups excluding carboxylic acids is 1. The van der Waals surface area contributed by atoms with Crippen molar-refractivity contribution in [2.45, 2.75) is 77.0 Å². The van der Waals surface area contributed by atoms with Crippen LogP contribution in [0.3, 0.4) is 0 Å². The van der Waals surface area contributed by atoms with Gasteiger partial charge in [0, 0.05) is 37.3 Å². The number of nitrogens with zero attached hydrogens (tertiary/aromatic N) is 2. The Balaban J connectivity index is 0.00000562. The first-order valence-corrected chi connectivity index (χ1v) is 13.8. The summed E-state index contributed by atoms with van der Waals surface area (Å²) in [5.41, 5.74) is 1.78. The Hall–Kier alpha value is -0.281. The molecule has 0 aliphatic rings.